The zero-order valence-electron chi connectivity index (χ0n) is 12.5. The van der Waals surface area contributed by atoms with E-state index < -0.39 is 0 Å². The van der Waals surface area contributed by atoms with Gasteiger partial charge in [0.25, 0.3) is 0 Å². The Morgan fingerprint density at radius 2 is 2.14 bits per heavy atom. The molecular weight excluding hydrogens is 284 g/mol. The molecule has 5 heteroatoms. The van der Waals surface area contributed by atoms with Gasteiger partial charge in [-0.05, 0) is 38.4 Å². The molecule has 1 atom stereocenters. The highest BCUT2D eigenvalue weighted by molar-refractivity contribution is 6.31. The first-order chi connectivity index (χ1) is 10.1. The van der Waals surface area contributed by atoms with Crippen molar-refractivity contribution in [3.8, 4) is 0 Å². The van der Waals surface area contributed by atoms with Crippen LogP contribution in [0.15, 0.2) is 30.5 Å². The van der Waals surface area contributed by atoms with Gasteiger partial charge in [0.15, 0.2) is 0 Å². The summed E-state index contributed by atoms with van der Waals surface area (Å²) in [4.78, 5) is 9.19. The molecule has 3 rings (SSSR count). The molecule has 0 bridgehead atoms. The molecular formula is C16H21ClN4. The first-order valence-electron chi connectivity index (χ1n) is 7.30. The van der Waals surface area contributed by atoms with Crippen LogP contribution in [0.1, 0.15) is 0 Å². The maximum Gasteiger partial charge on any atom is 0.0737 e. The van der Waals surface area contributed by atoms with Crippen LogP contribution in [0.3, 0.4) is 0 Å². The minimum Gasteiger partial charge on any atom is -0.383 e. The molecule has 4 nitrogen and oxygen atoms in total. The van der Waals surface area contributed by atoms with E-state index in [9.17, 15) is 0 Å². The Bertz CT molecular complexity index is 631. The van der Waals surface area contributed by atoms with Crippen molar-refractivity contribution in [3.63, 3.8) is 0 Å². The molecule has 1 N–H and O–H groups in total. The van der Waals surface area contributed by atoms with E-state index in [2.05, 4.69) is 34.2 Å². The average molecular weight is 305 g/mol. The summed E-state index contributed by atoms with van der Waals surface area (Å²) in [6.45, 7) is 4.29. The number of benzene rings is 1. The van der Waals surface area contributed by atoms with E-state index in [1.807, 2.05) is 30.5 Å². The van der Waals surface area contributed by atoms with Crippen LogP contribution in [-0.4, -0.2) is 61.1 Å². The van der Waals surface area contributed by atoms with Crippen LogP contribution in [0.4, 0.5) is 5.69 Å². The summed E-state index contributed by atoms with van der Waals surface area (Å²) in [5.74, 6) is 0. The number of likely N-dealkylation sites (N-methyl/N-ethyl adjacent to an activating group) is 2. The number of anilines is 1. The number of piperazine rings is 1. The SMILES string of the molecule is CN1CCN(C)C(CNc2ccnc3cc(Cl)ccc23)C1. The van der Waals surface area contributed by atoms with Crippen LogP contribution in [0.5, 0.6) is 0 Å². The predicted molar refractivity (Wildman–Crippen MR) is 89.2 cm³/mol. The number of hydrogen-bond donors (Lipinski definition) is 1. The van der Waals surface area contributed by atoms with E-state index in [0.717, 1.165) is 47.8 Å². The van der Waals surface area contributed by atoms with E-state index in [4.69, 9.17) is 11.6 Å². The first kappa shape index (κ1) is 14.6. The zero-order valence-corrected chi connectivity index (χ0v) is 13.3. The van der Waals surface area contributed by atoms with E-state index >= 15 is 0 Å². The fraction of sp³-hybridized carbons (Fsp3) is 0.438. The Morgan fingerprint density at radius 3 is 3.00 bits per heavy atom. The van der Waals surface area contributed by atoms with Crippen molar-refractivity contribution in [2.45, 2.75) is 6.04 Å². The molecule has 0 radical (unpaired) electrons. The van der Waals surface area contributed by atoms with E-state index in [1.165, 1.54) is 0 Å². The van der Waals surface area contributed by atoms with Gasteiger partial charge in [-0.3, -0.25) is 9.88 Å². The number of aromatic nitrogens is 1. The standard InChI is InChI=1S/C16H21ClN4/c1-20-7-8-21(2)13(11-20)10-19-15-5-6-18-16-9-12(17)3-4-14(15)16/h3-6,9,13H,7-8,10-11H2,1-2H3,(H,18,19). The van der Waals surface area contributed by atoms with Crippen molar-refractivity contribution in [2.24, 2.45) is 0 Å². The zero-order chi connectivity index (χ0) is 14.8. The normalized spacial score (nSPS) is 20.8. The Labute approximate surface area is 130 Å². The number of fused-ring (bicyclic) bond motifs is 1. The van der Waals surface area contributed by atoms with Crippen LogP contribution in [0.2, 0.25) is 5.02 Å². The van der Waals surface area contributed by atoms with Crippen molar-refractivity contribution < 1.29 is 0 Å². The second kappa shape index (κ2) is 6.18. The van der Waals surface area contributed by atoms with Crippen LogP contribution in [0.25, 0.3) is 10.9 Å². The monoisotopic (exact) mass is 304 g/mol. The highest BCUT2D eigenvalue weighted by Gasteiger charge is 2.21. The van der Waals surface area contributed by atoms with Crippen LogP contribution < -0.4 is 5.32 Å². The van der Waals surface area contributed by atoms with E-state index in [1.54, 1.807) is 0 Å². The van der Waals surface area contributed by atoms with Crippen molar-refractivity contribution in [1.82, 2.24) is 14.8 Å². The van der Waals surface area contributed by atoms with Crippen molar-refractivity contribution in [3.05, 3.63) is 35.5 Å². The van der Waals surface area contributed by atoms with Gasteiger partial charge in [-0.1, -0.05) is 11.6 Å². The molecule has 1 saturated heterocycles. The second-order valence-electron chi connectivity index (χ2n) is 5.80. The Morgan fingerprint density at radius 1 is 1.29 bits per heavy atom. The summed E-state index contributed by atoms with van der Waals surface area (Å²) in [6.07, 6.45) is 1.83. The highest BCUT2D eigenvalue weighted by Crippen LogP contribution is 2.24. The third-order valence-corrected chi connectivity index (χ3v) is 4.45. The maximum absolute atomic E-state index is 6.03. The fourth-order valence-electron chi connectivity index (χ4n) is 2.83. The molecule has 1 aromatic carbocycles. The minimum atomic E-state index is 0.527. The molecule has 21 heavy (non-hydrogen) atoms. The largest absolute Gasteiger partial charge is 0.383 e. The van der Waals surface area contributed by atoms with Gasteiger partial charge in [0.05, 0.1) is 5.52 Å². The summed E-state index contributed by atoms with van der Waals surface area (Å²) < 4.78 is 0. The predicted octanol–water partition coefficient (Wildman–Crippen LogP) is 2.55. The van der Waals surface area contributed by atoms with Crippen molar-refractivity contribution >= 4 is 28.2 Å². The molecule has 1 fully saturated rings. The lowest BCUT2D eigenvalue weighted by molar-refractivity contribution is 0.122. The summed E-state index contributed by atoms with van der Waals surface area (Å²) >= 11 is 6.03. The van der Waals surface area contributed by atoms with Gasteiger partial charge < -0.3 is 10.2 Å². The lowest BCUT2D eigenvalue weighted by Gasteiger charge is -2.38. The van der Waals surface area contributed by atoms with Gasteiger partial charge in [-0.2, -0.15) is 0 Å². The summed E-state index contributed by atoms with van der Waals surface area (Å²) in [5.41, 5.74) is 2.06. The van der Waals surface area contributed by atoms with E-state index in [0.29, 0.717) is 6.04 Å². The molecule has 0 amide bonds. The molecule has 112 valence electrons. The molecule has 0 aliphatic carbocycles. The topological polar surface area (TPSA) is 31.4 Å². The summed E-state index contributed by atoms with van der Waals surface area (Å²) in [7, 11) is 4.38. The highest BCUT2D eigenvalue weighted by atomic mass is 35.5. The van der Waals surface area contributed by atoms with Gasteiger partial charge in [0, 0.05) is 54.5 Å². The molecule has 0 saturated carbocycles. The van der Waals surface area contributed by atoms with Gasteiger partial charge in [0.2, 0.25) is 0 Å². The number of nitrogens with one attached hydrogen (secondary N) is 1. The Kier molecular flexibility index (Phi) is 4.29. The molecule has 2 heterocycles. The number of nitrogens with zero attached hydrogens (tertiary/aromatic N) is 3. The number of hydrogen-bond acceptors (Lipinski definition) is 4. The first-order valence-corrected chi connectivity index (χ1v) is 7.68. The molecule has 1 aromatic heterocycles. The summed E-state index contributed by atoms with van der Waals surface area (Å²) in [5, 5.41) is 5.42. The van der Waals surface area contributed by atoms with Crippen LogP contribution in [-0.2, 0) is 0 Å². The average Bonchev–Trinajstić information content (AvgIpc) is 2.47. The quantitative estimate of drug-likeness (QED) is 0.944. The molecule has 2 aromatic rings. The van der Waals surface area contributed by atoms with Crippen molar-refractivity contribution in [2.75, 3.05) is 45.6 Å². The van der Waals surface area contributed by atoms with Gasteiger partial charge in [-0.15, -0.1) is 0 Å². The second-order valence-corrected chi connectivity index (χ2v) is 6.23. The number of rotatable bonds is 3. The smallest absolute Gasteiger partial charge is 0.0737 e. The number of pyridine rings is 1. The molecule has 1 aliphatic rings. The Balaban J connectivity index is 1.76. The minimum absolute atomic E-state index is 0.527. The molecule has 0 spiro atoms. The third kappa shape index (κ3) is 3.28. The van der Waals surface area contributed by atoms with Gasteiger partial charge in [-0.25, -0.2) is 0 Å². The lowest BCUT2D eigenvalue weighted by Crippen LogP contribution is -2.52. The summed E-state index contributed by atoms with van der Waals surface area (Å²) in [6, 6.07) is 8.41. The van der Waals surface area contributed by atoms with Gasteiger partial charge in [0.1, 0.15) is 0 Å². The number of halogens is 1. The molecule has 1 aliphatic heterocycles. The van der Waals surface area contributed by atoms with Gasteiger partial charge >= 0.3 is 0 Å². The third-order valence-electron chi connectivity index (χ3n) is 4.21. The van der Waals surface area contributed by atoms with Crippen LogP contribution >= 0.6 is 11.6 Å². The van der Waals surface area contributed by atoms with Crippen LogP contribution in [0, 0.1) is 0 Å². The lowest BCUT2D eigenvalue weighted by atomic mass is 10.1. The fourth-order valence-corrected chi connectivity index (χ4v) is 2.99. The van der Waals surface area contributed by atoms with E-state index in [-0.39, 0.29) is 0 Å². The maximum atomic E-state index is 6.03. The molecule has 1 unspecified atom stereocenters. The Hall–Kier alpha value is -1.36. The van der Waals surface area contributed by atoms with Crippen molar-refractivity contribution in [1.29, 1.82) is 0 Å².